The summed E-state index contributed by atoms with van der Waals surface area (Å²) >= 11 is 1.35. The average molecular weight is 293 g/mol. The smallest absolute Gasteiger partial charge is 0.342 e. The number of anilines is 1. The van der Waals surface area contributed by atoms with Gasteiger partial charge in [0, 0.05) is 29.2 Å². The van der Waals surface area contributed by atoms with Gasteiger partial charge in [-0.2, -0.15) is 5.10 Å². The number of carbonyl (C=O) groups excluding carboxylic acids is 1. The van der Waals surface area contributed by atoms with Crippen LogP contribution in [0.2, 0.25) is 0 Å². The minimum absolute atomic E-state index is 0.175. The van der Waals surface area contributed by atoms with E-state index >= 15 is 0 Å². The number of nitrogens with zero attached hydrogens (tertiary/aromatic N) is 2. The molecule has 0 aliphatic rings. The highest BCUT2D eigenvalue weighted by molar-refractivity contribution is 7.15. The third-order valence-corrected chi connectivity index (χ3v) is 3.96. The molecule has 108 valence electrons. The Hall–Kier alpha value is -1.82. The van der Waals surface area contributed by atoms with Crippen molar-refractivity contribution >= 4 is 22.3 Å². The number of thiophene rings is 1. The molecule has 2 aromatic rings. The molecule has 2 heterocycles. The second kappa shape index (κ2) is 5.28. The van der Waals surface area contributed by atoms with Crippen molar-refractivity contribution in [3.8, 4) is 11.1 Å². The number of carbonyl (C=O) groups is 1. The Morgan fingerprint density at radius 1 is 1.45 bits per heavy atom. The summed E-state index contributed by atoms with van der Waals surface area (Å²) in [6.07, 6.45) is -0.175. The van der Waals surface area contributed by atoms with Crippen LogP contribution in [0.15, 0.2) is 5.38 Å². The number of hydrogen-bond donors (Lipinski definition) is 1. The van der Waals surface area contributed by atoms with Gasteiger partial charge >= 0.3 is 5.97 Å². The fraction of sp³-hybridized carbons (Fsp3) is 0.429. The SMILES string of the molecule is Cc1nn(C)c(C)c1-c1csc(N)c1C(=O)OC(C)C. The van der Waals surface area contributed by atoms with Crippen molar-refractivity contribution < 1.29 is 9.53 Å². The van der Waals surface area contributed by atoms with Crippen LogP contribution in [-0.2, 0) is 11.8 Å². The second-order valence-electron chi connectivity index (χ2n) is 5.01. The largest absolute Gasteiger partial charge is 0.459 e. The highest BCUT2D eigenvalue weighted by Crippen LogP contribution is 2.37. The van der Waals surface area contributed by atoms with Crippen LogP contribution in [0.3, 0.4) is 0 Å². The molecule has 20 heavy (non-hydrogen) atoms. The van der Waals surface area contributed by atoms with Gasteiger partial charge in [0.05, 0.1) is 11.8 Å². The van der Waals surface area contributed by atoms with Gasteiger partial charge in [0.1, 0.15) is 10.6 Å². The van der Waals surface area contributed by atoms with E-state index in [-0.39, 0.29) is 12.1 Å². The monoisotopic (exact) mass is 293 g/mol. The van der Waals surface area contributed by atoms with Gasteiger partial charge in [-0.25, -0.2) is 4.79 Å². The molecule has 0 saturated heterocycles. The first-order chi connectivity index (χ1) is 9.32. The van der Waals surface area contributed by atoms with E-state index in [4.69, 9.17) is 10.5 Å². The molecule has 0 aliphatic heterocycles. The Morgan fingerprint density at radius 3 is 2.60 bits per heavy atom. The Labute approximate surface area is 122 Å². The molecule has 2 aromatic heterocycles. The van der Waals surface area contributed by atoms with E-state index in [0.717, 1.165) is 22.5 Å². The number of nitrogens with two attached hydrogens (primary N) is 1. The number of nitrogen functional groups attached to an aromatic ring is 1. The van der Waals surface area contributed by atoms with Crippen LogP contribution in [0.5, 0.6) is 0 Å². The summed E-state index contributed by atoms with van der Waals surface area (Å²) < 4.78 is 7.09. The van der Waals surface area contributed by atoms with Crippen molar-refractivity contribution in [1.82, 2.24) is 9.78 Å². The molecule has 0 spiro atoms. The van der Waals surface area contributed by atoms with Crippen molar-refractivity contribution in [1.29, 1.82) is 0 Å². The predicted molar refractivity (Wildman–Crippen MR) is 81.0 cm³/mol. The Balaban J connectivity index is 2.56. The molecule has 2 rings (SSSR count). The molecule has 0 amide bonds. The van der Waals surface area contributed by atoms with Crippen LogP contribution in [0.4, 0.5) is 5.00 Å². The van der Waals surface area contributed by atoms with Gasteiger partial charge in [0.25, 0.3) is 0 Å². The molecule has 0 aromatic carbocycles. The lowest BCUT2D eigenvalue weighted by Crippen LogP contribution is -2.13. The van der Waals surface area contributed by atoms with Crippen molar-refractivity contribution in [2.24, 2.45) is 7.05 Å². The normalized spacial score (nSPS) is 11.1. The number of esters is 1. The van der Waals surface area contributed by atoms with Gasteiger partial charge in [-0.3, -0.25) is 4.68 Å². The third-order valence-electron chi connectivity index (χ3n) is 3.14. The summed E-state index contributed by atoms with van der Waals surface area (Å²) in [5.74, 6) is -0.378. The predicted octanol–water partition coefficient (Wildman–Crippen LogP) is 2.91. The van der Waals surface area contributed by atoms with E-state index in [1.165, 1.54) is 11.3 Å². The van der Waals surface area contributed by atoms with Gasteiger partial charge in [-0.1, -0.05) is 0 Å². The van der Waals surface area contributed by atoms with Gasteiger partial charge in [-0.05, 0) is 27.7 Å². The van der Waals surface area contributed by atoms with Crippen molar-refractivity contribution in [3.05, 3.63) is 22.3 Å². The Kier molecular flexibility index (Phi) is 3.85. The molecule has 0 atom stereocenters. The molecule has 2 N–H and O–H groups in total. The lowest BCUT2D eigenvalue weighted by Gasteiger charge is -2.10. The lowest BCUT2D eigenvalue weighted by molar-refractivity contribution is 0.0380. The van der Waals surface area contributed by atoms with E-state index in [1.807, 2.05) is 40.1 Å². The summed E-state index contributed by atoms with van der Waals surface area (Å²) in [5, 5.41) is 6.76. The van der Waals surface area contributed by atoms with E-state index < -0.39 is 0 Å². The maximum atomic E-state index is 12.2. The molecule has 0 radical (unpaired) electrons. The van der Waals surface area contributed by atoms with E-state index in [2.05, 4.69) is 5.10 Å². The molecule has 5 nitrogen and oxygen atoms in total. The first kappa shape index (κ1) is 14.6. The molecule has 0 unspecified atom stereocenters. The topological polar surface area (TPSA) is 70.1 Å². The third kappa shape index (κ3) is 2.43. The van der Waals surface area contributed by atoms with Crippen LogP contribution >= 0.6 is 11.3 Å². The number of hydrogen-bond acceptors (Lipinski definition) is 5. The van der Waals surface area contributed by atoms with Crippen molar-refractivity contribution in [3.63, 3.8) is 0 Å². The second-order valence-corrected chi connectivity index (χ2v) is 5.92. The van der Waals surface area contributed by atoms with Gasteiger partial charge in [0.15, 0.2) is 0 Å². The van der Waals surface area contributed by atoms with E-state index in [9.17, 15) is 4.79 Å². The zero-order chi connectivity index (χ0) is 15.0. The molecular formula is C14H19N3O2S. The minimum atomic E-state index is -0.378. The molecular weight excluding hydrogens is 274 g/mol. The van der Waals surface area contributed by atoms with Crippen LogP contribution in [0, 0.1) is 13.8 Å². The standard InChI is InChI=1S/C14H19N3O2S/c1-7(2)19-14(18)12-10(6-20-13(12)15)11-8(3)16-17(5)9(11)4/h6-7H,15H2,1-5H3. The zero-order valence-corrected chi connectivity index (χ0v) is 13.2. The number of aryl methyl sites for hydroxylation is 2. The summed E-state index contributed by atoms with van der Waals surface area (Å²) in [4.78, 5) is 12.2. The quantitative estimate of drug-likeness (QED) is 0.883. The maximum Gasteiger partial charge on any atom is 0.342 e. The highest BCUT2D eigenvalue weighted by atomic mass is 32.1. The van der Waals surface area contributed by atoms with Gasteiger partial charge in [-0.15, -0.1) is 11.3 Å². The number of aromatic nitrogens is 2. The lowest BCUT2D eigenvalue weighted by atomic mass is 10.0. The fourth-order valence-electron chi connectivity index (χ4n) is 2.20. The van der Waals surface area contributed by atoms with Crippen molar-refractivity contribution in [2.45, 2.75) is 33.8 Å². The molecule has 0 saturated carbocycles. The van der Waals surface area contributed by atoms with Crippen LogP contribution < -0.4 is 5.73 Å². The molecule has 6 heteroatoms. The minimum Gasteiger partial charge on any atom is -0.459 e. The summed E-state index contributed by atoms with van der Waals surface area (Å²) in [5.41, 5.74) is 10.0. The van der Waals surface area contributed by atoms with E-state index in [1.54, 1.807) is 4.68 Å². The summed E-state index contributed by atoms with van der Waals surface area (Å²) in [6.45, 7) is 7.54. The van der Waals surface area contributed by atoms with E-state index in [0.29, 0.717) is 10.6 Å². The fourth-order valence-corrected chi connectivity index (χ4v) is 3.00. The van der Waals surface area contributed by atoms with Crippen LogP contribution in [0.25, 0.3) is 11.1 Å². The van der Waals surface area contributed by atoms with Gasteiger partial charge < -0.3 is 10.5 Å². The maximum absolute atomic E-state index is 12.2. The molecule has 0 bridgehead atoms. The summed E-state index contributed by atoms with van der Waals surface area (Å²) in [6, 6.07) is 0. The Morgan fingerprint density at radius 2 is 2.10 bits per heavy atom. The number of ether oxygens (including phenoxy) is 1. The summed E-state index contributed by atoms with van der Waals surface area (Å²) in [7, 11) is 1.88. The van der Waals surface area contributed by atoms with Gasteiger partial charge in [0.2, 0.25) is 0 Å². The Bertz CT molecular complexity index is 656. The van der Waals surface area contributed by atoms with Crippen molar-refractivity contribution in [2.75, 3.05) is 5.73 Å². The first-order valence-corrected chi connectivity index (χ1v) is 7.29. The first-order valence-electron chi connectivity index (χ1n) is 6.41. The molecule has 0 fully saturated rings. The zero-order valence-electron chi connectivity index (χ0n) is 12.4. The number of rotatable bonds is 3. The van der Waals surface area contributed by atoms with Crippen LogP contribution in [0.1, 0.15) is 35.6 Å². The van der Waals surface area contributed by atoms with Crippen LogP contribution in [-0.4, -0.2) is 21.9 Å². The highest BCUT2D eigenvalue weighted by Gasteiger charge is 2.24. The average Bonchev–Trinajstić information content (AvgIpc) is 2.80. The molecule has 0 aliphatic carbocycles.